The molecule has 3 heterocycles. The topological polar surface area (TPSA) is 79.7 Å². The van der Waals surface area contributed by atoms with Crippen LogP contribution in [-0.2, 0) is 0 Å². The number of halogens is 1. The maximum atomic E-state index is 14.1. The van der Waals surface area contributed by atoms with Crippen molar-refractivity contribution in [2.45, 2.75) is 18.9 Å². The molecule has 1 aromatic carbocycles. The Kier molecular flexibility index (Phi) is 4.01. The number of rotatable bonds is 3. The third kappa shape index (κ3) is 2.90. The van der Waals surface area contributed by atoms with Crippen LogP contribution in [0.4, 0.5) is 4.39 Å². The summed E-state index contributed by atoms with van der Waals surface area (Å²) in [6.07, 6.45) is 6.58. The van der Waals surface area contributed by atoms with Crippen LogP contribution in [0.3, 0.4) is 0 Å². The molecule has 1 N–H and O–H groups in total. The Balaban J connectivity index is 1.52. The van der Waals surface area contributed by atoms with Crippen LogP contribution < -0.4 is 0 Å². The van der Waals surface area contributed by atoms with E-state index < -0.39 is 0 Å². The van der Waals surface area contributed by atoms with E-state index in [0.29, 0.717) is 29.9 Å². The Hall–Kier alpha value is -3.03. The first-order valence-electron chi connectivity index (χ1n) is 8.17. The predicted molar refractivity (Wildman–Crippen MR) is 88.2 cm³/mol. The zero-order valence-corrected chi connectivity index (χ0v) is 13.5. The lowest BCUT2D eigenvalue weighted by Crippen LogP contribution is -2.39. The zero-order valence-electron chi connectivity index (χ0n) is 13.5. The first kappa shape index (κ1) is 15.5. The molecule has 1 amide bonds. The van der Waals surface area contributed by atoms with E-state index in [1.165, 1.54) is 12.3 Å². The minimum absolute atomic E-state index is 0.135. The highest BCUT2D eigenvalue weighted by atomic mass is 19.1. The Morgan fingerprint density at radius 2 is 2.04 bits per heavy atom. The van der Waals surface area contributed by atoms with Gasteiger partial charge in [-0.15, -0.1) is 5.10 Å². The lowest BCUT2D eigenvalue weighted by molar-refractivity contribution is 0.0690. The van der Waals surface area contributed by atoms with Gasteiger partial charge in [-0.25, -0.2) is 9.07 Å². The van der Waals surface area contributed by atoms with Gasteiger partial charge in [0.15, 0.2) is 0 Å². The Bertz CT molecular complexity index is 867. The fourth-order valence-electron chi connectivity index (χ4n) is 3.23. The van der Waals surface area contributed by atoms with E-state index in [-0.39, 0.29) is 17.8 Å². The number of aromatic amines is 1. The van der Waals surface area contributed by atoms with Crippen LogP contribution in [0.15, 0.2) is 42.9 Å². The van der Waals surface area contributed by atoms with Gasteiger partial charge in [-0.3, -0.25) is 9.89 Å². The molecule has 1 saturated heterocycles. The van der Waals surface area contributed by atoms with Gasteiger partial charge in [-0.2, -0.15) is 5.10 Å². The van der Waals surface area contributed by atoms with Crippen molar-refractivity contribution >= 4 is 5.91 Å². The van der Waals surface area contributed by atoms with E-state index >= 15 is 0 Å². The quantitative estimate of drug-likeness (QED) is 0.793. The molecule has 1 aliphatic rings. The Morgan fingerprint density at radius 3 is 2.76 bits per heavy atom. The summed E-state index contributed by atoms with van der Waals surface area (Å²) in [7, 11) is 0. The monoisotopic (exact) mass is 340 g/mol. The second-order valence-electron chi connectivity index (χ2n) is 6.04. The molecule has 2 aromatic heterocycles. The van der Waals surface area contributed by atoms with Gasteiger partial charge in [-0.1, -0.05) is 17.3 Å². The Morgan fingerprint density at radius 1 is 1.24 bits per heavy atom. The van der Waals surface area contributed by atoms with Crippen molar-refractivity contribution in [2.75, 3.05) is 13.1 Å². The van der Waals surface area contributed by atoms with E-state index in [9.17, 15) is 9.18 Å². The third-order valence-corrected chi connectivity index (χ3v) is 4.58. The van der Waals surface area contributed by atoms with Gasteiger partial charge in [-0.05, 0) is 25.0 Å². The molecule has 25 heavy (non-hydrogen) atoms. The van der Waals surface area contributed by atoms with Crippen molar-refractivity contribution in [2.24, 2.45) is 0 Å². The summed E-state index contributed by atoms with van der Waals surface area (Å²) in [5.74, 6) is -0.519. The molecule has 1 aliphatic heterocycles. The number of carbonyl (C=O) groups is 1. The Labute approximate surface area is 143 Å². The molecule has 8 heteroatoms. The van der Waals surface area contributed by atoms with Gasteiger partial charge >= 0.3 is 0 Å². The SMILES string of the molecule is O=C(c1cn[nH]c1-c1ccccc1F)N1CCC(n2ccnn2)CC1. The van der Waals surface area contributed by atoms with Crippen molar-refractivity contribution in [3.63, 3.8) is 0 Å². The lowest BCUT2D eigenvalue weighted by Gasteiger charge is -2.31. The van der Waals surface area contributed by atoms with Crippen molar-refractivity contribution in [1.29, 1.82) is 0 Å². The minimum atomic E-state index is -0.384. The largest absolute Gasteiger partial charge is 0.338 e. The lowest BCUT2D eigenvalue weighted by atomic mass is 10.0. The minimum Gasteiger partial charge on any atom is -0.338 e. The number of piperidine rings is 1. The third-order valence-electron chi connectivity index (χ3n) is 4.58. The number of aromatic nitrogens is 5. The van der Waals surface area contributed by atoms with Crippen LogP contribution in [0.25, 0.3) is 11.3 Å². The van der Waals surface area contributed by atoms with Gasteiger partial charge in [0.05, 0.1) is 29.7 Å². The molecule has 4 rings (SSSR count). The smallest absolute Gasteiger partial charge is 0.257 e. The summed E-state index contributed by atoms with van der Waals surface area (Å²) in [5, 5.41) is 14.6. The average Bonchev–Trinajstić information content (AvgIpc) is 3.34. The van der Waals surface area contributed by atoms with Crippen molar-refractivity contribution in [3.05, 3.63) is 54.2 Å². The molecule has 7 nitrogen and oxygen atoms in total. The predicted octanol–water partition coefficient (Wildman–Crippen LogP) is 2.28. The molecule has 1 fully saturated rings. The van der Waals surface area contributed by atoms with E-state index in [0.717, 1.165) is 12.8 Å². The van der Waals surface area contributed by atoms with Gasteiger partial charge in [0.2, 0.25) is 0 Å². The van der Waals surface area contributed by atoms with Gasteiger partial charge < -0.3 is 4.90 Å². The zero-order chi connectivity index (χ0) is 17.2. The molecule has 0 saturated carbocycles. The highest BCUT2D eigenvalue weighted by Crippen LogP contribution is 2.27. The number of amides is 1. The molecule has 0 spiro atoms. The second kappa shape index (κ2) is 6.46. The van der Waals surface area contributed by atoms with Crippen molar-refractivity contribution < 1.29 is 9.18 Å². The number of carbonyl (C=O) groups excluding carboxylic acids is 1. The molecule has 0 atom stereocenters. The van der Waals surface area contributed by atoms with E-state index in [1.54, 1.807) is 29.3 Å². The first-order valence-corrected chi connectivity index (χ1v) is 8.17. The molecular formula is C17H17FN6O. The van der Waals surface area contributed by atoms with Crippen LogP contribution in [0.1, 0.15) is 29.2 Å². The van der Waals surface area contributed by atoms with E-state index in [2.05, 4.69) is 20.5 Å². The van der Waals surface area contributed by atoms with Crippen LogP contribution in [0.2, 0.25) is 0 Å². The average molecular weight is 340 g/mol. The first-order chi connectivity index (χ1) is 12.2. The summed E-state index contributed by atoms with van der Waals surface area (Å²) in [4.78, 5) is 14.6. The second-order valence-corrected chi connectivity index (χ2v) is 6.04. The maximum Gasteiger partial charge on any atom is 0.257 e. The van der Waals surface area contributed by atoms with Gasteiger partial charge in [0.25, 0.3) is 5.91 Å². The molecule has 0 aliphatic carbocycles. The standard InChI is InChI=1S/C17H17FN6O/c18-15-4-2-1-3-13(15)16-14(11-20-21-16)17(25)23-8-5-12(6-9-23)24-10-7-19-22-24/h1-4,7,10-12H,5-6,8-9H2,(H,20,21). The molecule has 3 aromatic rings. The van der Waals surface area contributed by atoms with Crippen LogP contribution >= 0.6 is 0 Å². The number of benzene rings is 1. The van der Waals surface area contributed by atoms with Crippen LogP contribution in [0.5, 0.6) is 0 Å². The van der Waals surface area contributed by atoms with Crippen molar-refractivity contribution in [3.8, 4) is 11.3 Å². The van der Waals surface area contributed by atoms with E-state index in [4.69, 9.17) is 0 Å². The number of hydrogen-bond acceptors (Lipinski definition) is 4. The summed E-state index contributed by atoms with van der Waals surface area (Å²) in [5.41, 5.74) is 1.16. The highest BCUT2D eigenvalue weighted by molar-refractivity contribution is 5.99. The maximum absolute atomic E-state index is 14.1. The summed E-state index contributed by atoms with van der Waals surface area (Å²) >= 11 is 0. The highest BCUT2D eigenvalue weighted by Gasteiger charge is 2.27. The van der Waals surface area contributed by atoms with Crippen molar-refractivity contribution in [1.82, 2.24) is 30.1 Å². The van der Waals surface area contributed by atoms with Gasteiger partial charge in [0, 0.05) is 24.8 Å². The summed E-state index contributed by atoms with van der Waals surface area (Å²) in [6, 6.07) is 6.61. The fraction of sp³-hybridized carbons (Fsp3) is 0.294. The van der Waals surface area contributed by atoms with Crippen LogP contribution in [0, 0.1) is 5.82 Å². The number of nitrogens with one attached hydrogen (secondary N) is 1. The number of likely N-dealkylation sites (tertiary alicyclic amines) is 1. The normalized spacial score (nSPS) is 15.5. The summed E-state index contributed by atoms with van der Waals surface area (Å²) < 4.78 is 15.9. The molecular weight excluding hydrogens is 323 g/mol. The van der Waals surface area contributed by atoms with Gasteiger partial charge in [0.1, 0.15) is 5.82 Å². The number of hydrogen-bond donors (Lipinski definition) is 1. The fourth-order valence-corrected chi connectivity index (χ4v) is 3.23. The molecule has 0 radical (unpaired) electrons. The van der Waals surface area contributed by atoms with E-state index in [1.807, 2.05) is 10.9 Å². The molecule has 0 unspecified atom stereocenters. The van der Waals surface area contributed by atoms with Crippen LogP contribution in [-0.4, -0.2) is 49.1 Å². The summed E-state index contributed by atoms with van der Waals surface area (Å²) in [6.45, 7) is 1.23. The number of nitrogens with zero attached hydrogens (tertiary/aromatic N) is 5. The molecule has 128 valence electrons. The number of H-pyrrole nitrogens is 1. The molecule has 0 bridgehead atoms.